The molecule has 4 atom stereocenters. The summed E-state index contributed by atoms with van der Waals surface area (Å²) in [7, 11) is 0. The largest absolute Gasteiger partial charge is 0.359 e. The fourth-order valence-electron chi connectivity index (χ4n) is 2.39. The zero-order chi connectivity index (χ0) is 11.1. The number of nitrogens with zero attached hydrogens (tertiary/aromatic N) is 1. The van der Waals surface area contributed by atoms with Gasteiger partial charge in [-0.25, -0.2) is 0 Å². The molecule has 1 aliphatic carbocycles. The van der Waals surface area contributed by atoms with Crippen molar-refractivity contribution in [1.82, 2.24) is 5.32 Å². The van der Waals surface area contributed by atoms with Crippen LogP contribution in [0.2, 0.25) is 0 Å². The highest BCUT2D eigenvalue weighted by Crippen LogP contribution is 2.46. The van der Waals surface area contributed by atoms with E-state index in [2.05, 4.69) is 32.2 Å². The first-order valence-corrected chi connectivity index (χ1v) is 5.85. The number of rotatable bonds is 3. The summed E-state index contributed by atoms with van der Waals surface area (Å²) >= 11 is 0. The van der Waals surface area contributed by atoms with Crippen LogP contribution in [0.5, 0.6) is 0 Å². The van der Waals surface area contributed by atoms with Crippen LogP contribution in [0.4, 0.5) is 0 Å². The van der Waals surface area contributed by atoms with Crippen molar-refractivity contribution in [1.29, 1.82) is 5.26 Å². The molecule has 84 valence electrons. The summed E-state index contributed by atoms with van der Waals surface area (Å²) in [6.45, 7) is 7.28. The lowest BCUT2D eigenvalue weighted by Crippen LogP contribution is -2.46. The van der Waals surface area contributed by atoms with Gasteiger partial charge >= 0.3 is 0 Å². The van der Waals surface area contributed by atoms with Crippen LogP contribution in [-0.4, -0.2) is 18.4 Å². The predicted octanol–water partition coefficient (Wildman–Crippen LogP) is 1.90. The SMILES string of the molecule is CC(C)[C@]1(C)N[C@@H](C2CC2CC#N)CO1. The van der Waals surface area contributed by atoms with Crippen molar-refractivity contribution in [2.75, 3.05) is 6.61 Å². The first kappa shape index (κ1) is 10.9. The van der Waals surface area contributed by atoms with Crippen molar-refractivity contribution in [3.8, 4) is 6.07 Å². The number of nitrogens with one attached hydrogen (secondary N) is 1. The molecule has 1 N–H and O–H groups in total. The fourth-order valence-corrected chi connectivity index (χ4v) is 2.39. The van der Waals surface area contributed by atoms with Gasteiger partial charge in [-0.15, -0.1) is 0 Å². The Morgan fingerprint density at radius 2 is 2.33 bits per heavy atom. The van der Waals surface area contributed by atoms with Crippen LogP contribution in [0, 0.1) is 29.1 Å². The van der Waals surface area contributed by atoms with Gasteiger partial charge in [-0.3, -0.25) is 5.32 Å². The molecule has 0 aromatic carbocycles. The van der Waals surface area contributed by atoms with Gasteiger partial charge in [0.2, 0.25) is 0 Å². The molecule has 1 aliphatic heterocycles. The van der Waals surface area contributed by atoms with E-state index in [1.807, 2.05) is 0 Å². The van der Waals surface area contributed by atoms with Crippen LogP contribution in [0.1, 0.15) is 33.6 Å². The Labute approximate surface area is 91.8 Å². The molecule has 0 aromatic rings. The Kier molecular flexibility index (Phi) is 2.74. The van der Waals surface area contributed by atoms with Crippen LogP contribution in [0.3, 0.4) is 0 Å². The van der Waals surface area contributed by atoms with Gasteiger partial charge in [-0.05, 0) is 31.1 Å². The molecule has 3 heteroatoms. The highest BCUT2D eigenvalue weighted by Gasteiger charge is 2.49. The minimum absolute atomic E-state index is 0.162. The van der Waals surface area contributed by atoms with Gasteiger partial charge < -0.3 is 4.74 Å². The van der Waals surface area contributed by atoms with Crippen molar-refractivity contribution in [2.24, 2.45) is 17.8 Å². The summed E-state index contributed by atoms with van der Waals surface area (Å²) in [4.78, 5) is 0. The molecular weight excluding hydrogens is 188 g/mol. The molecule has 1 saturated carbocycles. The van der Waals surface area contributed by atoms with Crippen molar-refractivity contribution < 1.29 is 4.74 Å². The van der Waals surface area contributed by atoms with E-state index in [0.29, 0.717) is 30.2 Å². The van der Waals surface area contributed by atoms with Gasteiger partial charge in [0.1, 0.15) is 5.72 Å². The van der Waals surface area contributed by atoms with Crippen molar-refractivity contribution in [3.05, 3.63) is 0 Å². The Morgan fingerprint density at radius 1 is 1.60 bits per heavy atom. The minimum Gasteiger partial charge on any atom is -0.359 e. The molecule has 15 heavy (non-hydrogen) atoms. The van der Waals surface area contributed by atoms with E-state index in [-0.39, 0.29) is 5.72 Å². The third kappa shape index (κ3) is 2.02. The second kappa shape index (κ2) is 3.77. The normalized spacial score (nSPS) is 44.3. The summed E-state index contributed by atoms with van der Waals surface area (Å²) in [6, 6.07) is 2.73. The minimum atomic E-state index is -0.162. The third-order valence-corrected chi connectivity index (χ3v) is 3.98. The lowest BCUT2D eigenvalue weighted by Gasteiger charge is -2.28. The van der Waals surface area contributed by atoms with Crippen LogP contribution in [0.25, 0.3) is 0 Å². The van der Waals surface area contributed by atoms with Crippen molar-refractivity contribution in [2.45, 2.75) is 45.4 Å². The first-order valence-electron chi connectivity index (χ1n) is 5.85. The van der Waals surface area contributed by atoms with E-state index in [4.69, 9.17) is 10.00 Å². The molecular formula is C12H20N2O. The van der Waals surface area contributed by atoms with E-state index in [0.717, 1.165) is 6.61 Å². The van der Waals surface area contributed by atoms with Crippen LogP contribution < -0.4 is 5.32 Å². The van der Waals surface area contributed by atoms with Crippen molar-refractivity contribution in [3.63, 3.8) is 0 Å². The molecule has 3 nitrogen and oxygen atoms in total. The number of hydrogen-bond acceptors (Lipinski definition) is 3. The molecule has 1 saturated heterocycles. The summed E-state index contributed by atoms with van der Waals surface area (Å²) in [5.74, 6) is 1.77. The fraction of sp³-hybridized carbons (Fsp3) is 0.917. The van der Waals surface area contributed by atoms with Crippen LogP contribution >= 0.6 is 0 Å². The molecule has 2 aliphatic rings. The van der Waals surface area contributed by atoms with Gasteiger partial charge in [0.25, 0.3) is 0 Å². The van der Waals surface area contributed by atoms with E-state index in [1.165, 1.54) is 6.42 Å². The average molecular weight is 208 g/mol. The Bertz CT molecular complexity index is 284. The third-order valence-electron chi connectivity index (χ3n) is 3.98. The Morgan fingerprint density at radius 3 is 2.87 bits per heavy atom. The van der Waals surface area contributed by atoms with Crippen molar-refractivity contribution >= 4 is 0 Å². The molecule has 0 radical (unpaired) electrons. The molecule has 0 spiro atoms. The zero-order valence-electron chi connectivity index (χ0n) is 9.79. The van der Waals surface area contributed by atoms with Gasteiger partial charge in [0.15, 0.2) is 0 Å². The van der Waals surface area contributed by atoms with Crippen LogP contribution in [-0.2, 0) is 4.74 Å². The first-order chi connectivity index (χ1) is 7.07. The second-order valence-electron chi connectivity index (χ2n) is 5.35. The van der Waals surface area contributed by atoms with Gasteiger partial charge in [0.05, 0.1) is 12.7 Å². The van der Waals surface area contributed by atoms with Crippen LogP contribution in [0.15, 0.2) is 0 Å². The topological polar surface area (TPSA) is 45.0 Å². The standard InChI is InChI=1S/C12H20N2O/c1-8(2)12(3)14-11(7-15-12)10-6-9(10)4-5-13/h8-11,14H,4,6-7H2,1-3H3/t9?,10?,11-,12-/m1/s1. The Hall–Kier alpha value is -0.590. The van der Waals surface area contributed by atoms with Gasteiger partial charge in [-0.1, -0.05) is 13.8 Å². The maximum absolute atomic E-state index is 8.63. The molecule has 2 unspecified atom stereocenters. The molecule has 1 heterocycles. The number of ether oxygens (including phenoxy) is 1. The van der Waals surface area contributed by atoms with E-state index in [9.17, 15) is 0 Å². The maximum Gasteiger partial charge on any atom is 0.119 e. The van der Waals surface area contributed by atoms with E-state index >= 15 is 0 Å². The molecule has 2 fully saturated rings. The van der Waals surface area contributed by atoms with Gasteiger partial charge in [-0.2, -0.15) is 5.26 Å². The molecule has 0 bridgehead atoms. The quantitative estimate of drug-likeness (QED) is 0.770. The summed E-state index contributed by atoms with van der Waals surface area (Å²) in [6.07, 6.45) is 1.91. The second-order valence-corrected chi connectivity index (χ2v) is 5.35. The highest BCUT2D eigenvalue weighted by atomic mass is 16.5. The monoisotopic (exact) mass is 208 g/mol. The van der Waals surface area contributed by atoms with Gasteiger partial charge in [0, 0.05) is 12.5 Å². The van der Waals surface area contributed by atoms with E-state index < -0.39 is 0 Å². The summed E-state index contributed by atoms with van der Waals surface area (Å²) in [5, 5.41) is 12.2. The lowest BCUT2D eigenvalue weighted by molar-refractivity contribution is -0.0312. The maximum atomic E-state index is 8.63. The zero-order valence-corrected chi connectivity index (χ0v) is 9.79. The number of nitriles is 1. The van der Waals surface area contributed by atoms with E-state index in [1.54, 1.807) is 0 Å². The smallest absolute Gasteiger partial charge is 0.119 e. The highest BCUT2D eigenvalue weighted by molar-refractivity contribution is 5.02. The summed E-state index contributed by atoms with van der Waals surface area (Å²) < 4.78 is 5.85. The molecule has 2 rings (SSSR count). The predicted molar refractivity (Wildman–Crippen MR) is 57.9 cm³/mol. The molecule has 0 aromatic heterocycles. The molecule has 0 amide bonds. The Balaban J connectivity index is 1.87. The summed E-state index contributed by atoms with van der Waals surface area (Å²) in [5.41, 5.74) is -0.162. The number of hydrogen-bond donors (Lipinski definition) is 1. The average Bonchev–Trinajstić information content (AvgIpc) is 2.81. The lowest BCUT2D eigenvalue weighted by atomic mass is 10.0.